The van der Waals surface area contributed by atoms with Gasteiger partial charge in [-0.1, -0.05) is 6.92 Å². The SMILES string of the molecule is C[C@H](CS(=O)(=O)c1cc(C(=O)Nc2ccc(F)c(F)c2F)n(C)c1)C(F)(F)F. The lowest BCUT2D eigenvalue weighted by Crippen LogP contribution is -2.27. The number of anilines is 1. The maximum Gasteiger partial charge on any atom is 0.392 e. The molecule has 0 saturated heterocycles. The molecule has 1 amide bonds. The van der Waals surface area contributed by atoms with Crippen molar-refractivity contribution in [1.82, 2.24) is 4.57 Å². The summed E-state index contributed by atoms with van der Waals surface area (Å²) >= 11 is 0. The van der Waals surface area contributed by atoms with Crippen LogP contribution in [0.25, 0.3) is 0 Å². The van der Waals surface area contributed by atoms with Gasteiger partial charge in [-0.15, -0.1) is 0 Å². The fraction of sp³-hybridized carbons (Fsp3) is 0.312. The van der Waals surface area contributed by atoms with Crippen molar-refractivity contribution >= 4 is 21.4 Å². The molecule has 1 N–H and O–H groups in total. The number of hydrogen-bond acceptors (Lipinski definition) is 3. The zero-order valence-corrected chi connectivity index (χ0v) is 15.3. The maximum atomic E-state index is 13.6. The second-order valence-corrected chi connectivity index (χ2v) is 8.11. The van der Waals surface area contributed by atoms with Gasteiger partial charge in [0.05, 0.1) is 22.3 Å². The molecule has 2 aromatic rings. The third kappa shape index (κ3) is 4.49. The number of halogens is 6. The number of nitrogens with zero attached hydrogens (tertiary/aromatic N) is 1. The minimum atomic E-state index is -4.72. The van der Waals surface area contributed by atoms with Gasteiger partial charge in [0.2, 0.25) is 0 Å². The number of aromatic nitrogens is 1. The molecule has 0 saturated carbocycles. The lowest BCUT2D eigenvalue weighted by molar-refractivity contribution is -0.163. The highest BCUT2D eigenvalue weighted by Gasteiger charge is 2.39. The Balaban J connectivity index is 2.29. The van der Waals surface area contributed by atoms with Gasteiger partial charge in [0.1, 0.15) is 5.69 Å². The molecule has 154 valence electrons. The van der Waals surface area contributed by atoms with Crippen molar-refractivity contribution in [3.05, 3.63) is 47.5 Å². The molecular formula is C16H14F6N2O3S. The molecule has 0 radical (unpaired) electrons. The number of amides is 1. The van der Waals surface area contributed by atoms with Crippen molar-refractivity contribution in [2.75, 3.05) is 11.1 Å². The first kappa shape index (κ1) is 21.8. The van der Waals surface area contributed by atoms with Crippen LogP contribution in [0.1, 0.15) is 17.4 Å². The zero-order valence-electron chi connectivity index (χ0n) is 14.4. The molecule has 1 heterocycles. The summed E-state index contributed by atoms with van der Waals surface area (Å²) in [4.78, 5) is 11.7. The molecule has 0 spiro atoms. The highest BCUT2D eigenvalue weighted by atomic mass is 32.2. The summed E-state index contributed by atoms with van der Waals surface area (Å²) in [7, 11) is -3.14. The lowest BCUT2D eigenvalue weighted by atomic mass is 10.2. The van der Waals surface area contributed by atoms with Crippen LogP contribution in [0.2, 0.25) is 0 Å². The third-order valence-corrected chi connectivity index (χ3v) is 5.76. The largest absolute Gasteiger partial charge is 0.392 e. The predicted molar refractivity (Wildman–Crippen MR) is 87.0 cm³/mol. The molecule has 12 heteroatoms. The van der Waals surface area contributed by atoms with E-state index in [4.69, 9.17) is 0 Å². The monoisotopic (exact) mass is 428 g/mol. The van der Waals surface area contributed by atoms with Gasteiger partial charge in [0, 0.05) is 13.2 Å². The fourth-order valence-electron chi connectivity index (χ4n) is 2.26. The number of alkyl halides is 3. The summed E-state index contributed by atoms with van der Waals surface area (Å²) in [6, 6.07) is 2.15. The molecular weight excluding hydrogens is 414 g/mol. The number of nitrogens with one attached hydrogen (secondary N) is 1. The van der Waals surface area contributed by atoms with E-state index in [0.29, 0.717) is 13.0 Å². The van der Waals surface area contributed by atoms with Gasteiger partial charge in [-0.3, -0.25) is 4.79 Å². The Labute approximate surface area is 155 Å². The van der Waals surface area contributed by atoms with E-state index in [2.05, 4.69) is 0 Å². The average molecular weight is 428 g/mol. The van der Waals surface area contributed by atoms with Gasteiger partial charge in [-0.2, -0.15) is 13.2 Å². The van der Waals surface area contributed by atoms with E-state index < -0.39 is 61.6 Å². The first-order chi connectivity index (χ1) is 12.7. The Hall–Kier alpha value is -2.50. The number of rotatable bonds is 5. The molecule has 1 atom stereocenters. The average Bonchev–Trinajstić information content (AvgIpc) is 2.97. The van der Waals surface area contributed by atoms with Crippen molar-refractivity contribution in [2.45, 2.75) is 18.0 Å². The molecule has 28 heavy (non-hydrogen) atoms. The van der Waals surface area contributed by atoms with E-state index >= 15 is 0 Å². The zero-order chi connectivity index (χ0) is 21.4. The molecule has 2 rings (SSSR count). The van der Waals surface area contributed by atoms with Crippen LogP contribution in [0.3, 0.4) is 0 Å². The van der Waals surface area contributed by atoms with Crippen LogP contribution >= 0.6 is 0 Å². The number of benzene rings is 1. The standard InChI is InChI=1S/C16H14F6N2O3S/c1-8(16(20,21)22)7-28(26,27)9-5-12(24(2)6-9)15(25)23-11-4-3-10(17)13(18)14(11)19/h3-6,8H,7H2,1-2H3,(H,23,25)/t8-/m1/s1. The fourth-order valence-corrected chi connectivity index (χ4v) is 3.91. The van der Waals surface area contributed by atoms with Crippen molar-refractivity contribution in [2.24, 2.45) is 13.0 Å². The first-order valence-electron chi connectivity index (χ1n) is 7.64. The summed E-state index contributed by atoms with van der Waals surface area (Å²) in [5, 5.41) is 1.95. The lowest BCUT2D eigenvalue weighted by Gasteiger charge is -2.14. The van der Waals surface area contributed by atoms with E-state index in [0.717, 1.165) is 22.9 Å². The van der Waals surface area contributed by atoms with E-state index in [1.165, 1.54) is 7.05 Å². The van der Waals surface area contributed by atoms with Crippen LogP contribution < -0.4 is 5.32 Å². The molecule has 1 aromatic carbocycles. The number of carbonyl (C=O) groups excluding carboxylic acids is 1. The van der Waals surface area contributed by atoms with Gasteiger partial charge in [-0.05, 0) is 18.2 Å². The smallest absolute Gasteiger partial charge is 0.345 e. The molecule has 0 aliphatic carbocycles. The summed E-state index contributed by atoms with van der Waals surface area (Å²) in [5.74, 6) is -9.37. The quantitative estimate of drug-likeness (QED) is 0.584. The predicted octanol–water partition coefficient (Wildman–Crippen LogP) is 3.67. The molecule has 0 fully saturated rings. The Morgan fingerprint density at radius 3 is 2.36 bits per heavy atom. The van der Waals surface area contributed by atoms with Crippen molar-refractivity contribution < 1.29 is 39.6 Å². The van der Waals surface area contributed by atoms with E-state index in [-0.39, 0.29) is 5.69 Å². The van der Waals surface area contributed by atoms with Gasteiger partial charge >= 0.3 is 6.18 Å². The minimum absolute atomic E-state index is 0.345. The van der Waals surface area contributed by atoms with Crippen LogP contribution in [-0.4, -0.2) is 30.8 Å². The van der Waals surface area contributed by atoms with Gasteiger partial charge in [-0.25, -0.2) is 21.6 Å². The number of aryl methyl sites for hydroxylation is 1. The van der Waals surface area contributed by atoms with Crippen molar-refractivity contribution in [3.8, 4) is 0 Å². The Morgan fingerprint density at radius 1 is 1.18 bits per heavy atom. The third-order valence-electron chi connectivity index (χ3n) is 3.88. The van der Waals surface area contributed by atoms with E-state index in [1.54, 1.807) is 0 Å². The molecule has 0 bridgehead atoms. The first-order valence-corrected chi connectivity index (χ1v) is 9.30. The summed E-state index contributed by atoms with van der Waals surface area (Å²) in [6.07, 6.45) is -3.79. The molecule has 5 nitrogen and oxygen atoms in total. The highest BCUT2D eigenvalue weighted by Crippen LogP contribution is 2.29. The maximum absolute atomic E-state index is 13.6. The molecule has 1 aromatic heterocycles. The second kappa shape index (κ2) is 7.49. The summed E-state index contributed by atoms with van der Waals surface area (Å²) < 4.78 is 103. The van der Waals surface area contributed by atoms with Crippen LogP contribution in [-0.2, 0) is 16.9 Å². The Kier molecular flexibility index (Phi) is 5.83. The van der Waals surface area contributed by atoms with E-state index in [9.17, 15) is 39.6 Å². The summed E-state index contributed by atoms with van der Waals surface area (Å²) in [6.45, 7) is 0.708. The van der Waals surface area contributed by atoms with Crippen molar-refractivity contribution in [3.63, 3.8) is 0 Å². The van der Waals surface area contributed by atoms with Gasteiger partial charge in [0.15, 0.2) is 27.3 Å². The Bertz CT molecular complexity index is 1010. The highest BCUT2D eigenvalue weighted by molar-refractivity contribution is 7.91. The number of sulfone groups is 1. The van der Waals surface area contributed by atoms with E-state index in [1.807, 2.05) is 5.32 Å². The van der Waals surface area contributed by atoms with Crippen LogP contribution in [0.4, 0.5) is 32.0 Å². The molecule has 0 unspecified atom stereocenters. The topological polar surface area (TPSA) is 68.2 Å². The van der Waals surface area contributed by atoms with Crippen LogP contribution in [0.5, 0.6) is 0 Å². The Morgan fingerprint density at radius 2 is 1.79 bits per heavy atom. The molecule has 0 aliphatic heterocycles. The van der Waals surface area contributed by atoms with Crippen LogP contribution in [0, 0.1) is 23.4 Å². The second-order valence-electron chi connectivity index (χ2n) is 6.07. The summed E-state index contributed by atoms with van der Waals surface area (Å²) in [5.41, 5.74) is -1.04. The normalized spacial score (nSPS) is 13.4. The van der Waals surface area contributed by atoms with Crippen LogP contribution in [0.15, 0.2) is 29.3 Å². The van der Waals surface area contributed by atoms with Gasteiger partial charge < -0.3 is 9.88 Å². The number of hydrogen-bond donors (Lipinski definition) is 1. The minimum Gasteiger partial charge on any atom is -0.345 e. The molecule has 0 aliphatic rings. The van der Waals surface area contributed by atoms with Gasteiger partial charge in [0.25, 0.3) is 5.91 Å². The van der Waals surface area contributed by atoms with Crippen molar-refractivity contribution in [1.29, 1.82) is 0 Å². The number of carbonyl (C=O) groups is 1.